The highest BCUT2D eigenvalue weighted by atomic mass is 19.1. The predicted octanol–water partition coefficient (Wildman–Crippen LogP) is 1.13. The van der Waals surface area contributed by atoms with Gasteiger partial charge in [0.2, 0.25) is 5.91 Å². The molecule has 5 heteroatoms. The van der Waals surface area contributed by atoms with Gasteiger partial charge in [0, 0.05) is 28.9 Å². The number of carbonyl (C=O) groups excluding carboxylic acids is 1. The quantitative estimate of drug-likeness (QED) is 0.737. The van der Waals surface area contributed by atoms with Gasteiger partial charge < -0.3 is 16.8 Å². The van der Waals surface area contributed by atoms with E-state index in [1.54, 1.807) is 13.0 Å². The molecule has 17 heavy (non-hydrogen) atoms. The van der Waals surface area contributed by atoms with Crippen molar-refractivity contribution in [2.75, 3.05) is 5.32 Å². The zero-order chi connectivity index (χ0) is 12.6. The number of nitrogens with one attached hydrogen (secondary N) is 1. The number of carbonyl (C=O) groups is 1. The van der Waals surface area contributed by atoms with Crippen LogP contribution < -0.4 is 16.8 Å². The third-order valence-electron chi connectivity index (χ3n) is 3.16. The van der Waals surface area contributed by atoms with Gasteiger partial charge in [-0.25, -0.2) is 4.39 Å². The molecule has 1 aliphatic carbocycles. The Balaban J connectivity index is 2.22. The molecule has 92 valence electrons. The average molecular weight is 237 g/mol. The van der Waals surface area contributed by atoms with Gasteiger partial charge in [-0.1, -0.05) is 0 Å². The Bertz CT molecular complexity index is 455. The summed E-state index contributed by atoms with van der Waals surface area (Å²) in [4.78, 5) is 11.0. The molecule has 0 aromatic heterocycles. The highest BCUT2D eigenvalue weighted by Crippen LogP contribution is 2.26. The lowest BCUT2D eigenvalue weighted by atomic mass is 9.87. The summed E-state index contributed by atoms with van der Waals surface area (Å²) in [7, 11) is 0. The van der Waals surface area contributed by atoms with Gasteiger partial charge in [0.25, 0.3) is 0 Å². The van der Waals surface area contributed by atoms with Crippen molar-refractivity contribution in [3.63, 3.8) is 0 Å². The Morgan fingerprint density at radius 1 is 1.47 bits per heavy atom. The maximum atomic E-state index is 13.6. The van der Waals surface area contributed by atoms with E-state index in [9.17, 15) is 9.18 Å². The molecule has 1 aromatic carbocycles. The molecule has 5 N–H and O–H groups in total. The first-order valence-corrected chi connectivity index (χ1v) is 5.59. The first-order valence-electron chi connectivity index (χ1n) is 5.59. The van der Waals surface area contributed by atoms with Crippen LogP contribution in [0.15, 0.2) is 12.1 Å². The molecule has 1 fully saturated rings. The lowest BCUT2D eigenvalue weighted by Crippen LogP contribution is -2.44. The van der Waals surface area contributed by atoms with E-state index in [1.807, 2.05) is 0 Å². The minimum absolute atomic E-state index is 0.180. The normalized spacial score (nSPS) is 23.0. The summed E-state index contributed by atoms with van der Waals surface area (Å²) in [5, 5.41) is 3.19. The third kappa shape index (κ3) is 2.39. The van der Waals surface area contributed by atoms with Gasteiger partial charge in [0.1, 0.15) is 5.82 Å². The molecule has 2 rings (SSSR count). The van der Waals surface area contributed by atoms with E-state index in [0.717, 1.165) is 18.9 Å². The Morgan fingerprint density at radius 3 is 2.65 bits per heavy atom. The van der Waals surface area contributed by atoms with Crippen molar-refractivity contribution in [2.45, 2.75) is 31.8 Å². The zero-order valence-corrected chi connectivity index (χ0v) is 9.66. The molecule has 0 heterocycles. The van der Waals surface area contributed by atoms with Crippen molar-refractivity contribution < 1.29 is 9.18 Å². The third-order valence-corrected chi connectivity index (χ3v) is 3.16. The Labute approximate surface area is 99.2 Å². The lowest BCUT2D eigenvalue weighted by molar-refractivity contribution is 0.1000. The van der Waals surface area contributed by atoms with Crippen LogP contribution in [0.3, 0.4) is 0 Å². The average Bonchev–Trinajstić information content (AvgIpc) is 2.21. The number of anilines is 1. The molecular weight excluding hydrogens is 221 g/mol. The summed E-state index contributed by atoms with van der Waals surface area (Å²) < 4.78 is 13.6. The predicted molar refractivity (Wildman–Crippen MR) is 64.3 cm³/mol. The summed E-state index contributed by atoms with van der Waals surface area (Å²) in [5.41, 5.74) is 12.1. The van der Waals surface area contributed by atoms with Crippen LogP contribution in [0.25, 0.3) is 0 Å². The molecular formula is C12H16FN3O. The Morgan fingerprint density at radius 2 is 2.12 bits per heavy atom. The van der Waals surface area contributed by atoms with Gasteiger partial charge in [-0.3, -0.25) is 4.79 Å². The smallest absolute Gasteiger partial charge is 0.248 e. The maximum absolute atomic E-state index is 13.6. The Hall–Kier alpha value is -1.62. The zero-order valence-electron chi connectivity index (χ0n) is 9.66. The summed E-state index contributed by atoms with van der Waals surface area (Å²) in [5.74, 6) is -1.05. The van der Waals surface area contributed by atoms with E-state index in [-0.39, 0.29) is 17.6 Å². The van der Waals surface area contributed by atoms with E-state index < -0.39 is 11.7 Å². The SMILES string of the molecule is Cc1c(F)cc(C(N)=O)cc1NC1CC(N)C1. The minimum atomic E-state index is -0.628. The number of benzene rings is 1. The van der Waals surface area contributed by atoms with E-state index in [1.165, 1.54) is 0 Å². The molecule has 4 nitrogen and oxygen atoms in total. The number of primary amides is 1. The number of hydrogen-bond donors (Lipinski definition) is 3. The summed E-state index contributed by atoms with van der Waals surface area (Å²) in [6.07, 6.45) is 1.73. The van der Waals surface area contributed by atoms with Crippen LogP contribution in [0.5, 0.6) is 0 Å². The fourth-order valence-corrected chi connectivity index (χ4v) is 1.97. The first kappa shape index (κ1) is 11.9. The highest BCUT2D eigenvalue weighted by molar-refractivity contribution is 5.94. The molecule has 0 radical (unpaired) electrons. The van der Waals surface area contributed by atoms with Gasteiger partial charge in [-0.2, -0.15) is 0 Å². The second-order valence-electron chi connectivity index (χ2n) is 4.57. The van der Waals surface area contributed by atoms with E-state index in [2.05, 4.69) is 5.32 Å². The lowest BCUT2D eigenvalue weighted by Gasteiger charge is -2.34. The topological polar surface area (TPSA) is 81.1 Å². The highest BCUT2D eigenvalue weighted by Gasteiger charge is 2.26. The van der Waals surface area contributed by atoms with Gasteiger partial charge >= 0.3 is 0 Å². The standard InChI is InChI=1S/C12H16FN3O/c1-6-10(13)2-7(12(15)17)3-11(6)16-9-4-8(14)5-9/h2-3,8-9,16H,4-5,14H2,1H3,(H2,15,17). The van der Waals surface area contributed by atoms with E-state index in [4.69, 9.17) is 11.5 Å². The second kappa shape index (κ2) is 4.33. The number of halogens is 1. The van der Waals surface area contributed by atoms with Crippen LogP contribution in [0, 0.1) is 12.7 Å². The van der Waals surface area contributed by atoms with Gasteiger partial charge in [0.15, 0.2) is 0 Å². The fraction of sp³-hybridized carbons (Fsp3) is 0.417. The van der Waals surface area contributed by atoms with Gasteiger partial charge in [-0.05, 0) is 31.9 Å². The molecule has 0 unspecified atom stereocenters. The van der Waals surface area contributed by atoms with Crippen molar-refractivity contribution >= 4 is 11.6 Å². The first-order chi connectivity index (χ1) is 7.97. The number of amides is 1. The minimum Gasteiger partial charge on any atom is -0.382 e. The molecule has 0 saturated heterocycles. The van der Waals surface area contributed by atoms with Crippen LogP contribution in [0.1, 0.15) is 28.8 Å². The molecule has 1 saturated carbocycles. The van der Waals surface area contributed by atoms with Crippen molar-refractivity contribution in [3.8, 4) is 0 Å². The largest absolute Gasteiger partial charge is 0.382 e. The number of nitrogens with two attached hydrogens (primary N) is 2. The van der Waals surface area contributed by atoms with Gasteiger partial charge in [-0.15, -0.1) is 0 Å². The fourth-order valence-electron chi connectivity index (χ4n) is 1.97. The second-order valence-corrected chi connectivity index (χ2v) is 4.57. The number of hydrogen-bond acceptors (Lipinski definition) is 3. The molecule has 0 spiro atoms. The van der Waals surface area contributed by atoms with Crippen LogP contribution in [-0.4, -0.2) is 18.0 Å². The number of rotatable bonds is 3. The van der Waals surface area contributed by atoms with Gasteiger partial charge in [0.05, 0.1) is 0 Å². The van der Waals surface area contributed by atoms with Crippen molar-refractivity contribution in [1.82, 2.24) is 0 Å². The van der Waals surface area contributed by atoms with Crippen LogP contribution in [-0.2, 0) is 0 Å². The van der Waals surface area contributed by atoms with E-state index >= 15 is 0 Å². The van der Waals surface area contributed by atoms with E-state index in [0.29, 0.717) is 11.3 Å². The molecule has 0 aliphatic heterocycles. The van der Waals surface area contributed by atoms with Crippen molar-refractivity contribution in [3.05, 3.63) is 29.1 Å². The van der Waals surface area contributed by atoms with Crippen LogP contribution in [0.4, 0.5) is 10.1 Å². The molecule has 0 bridgehead atoms. The molecule has 0 atom stereocenters. The van der Waals surface area contributed by atoms with Crippen LogP contribution in [0.2, 0.25) is 0 Å². The maximum Gasteiger partial charge on any atom is 0.248 e. The molecule has 1 aliphatic rings. The molecule has 1 aromatic rings. The Kier molecular flexibility index (Phi) is 3.02. The summed E-state index contributed by atoms with van der Waals surface area (Å²) >= 11 is 0. The van der Waals surface area contributed by atoms with Crippen LogP contribution >= 0.6 is 0 Å². The molecule has 1 amide bonds. The summed E-state index contributed by atoms with van der Waals surface area (Å²) in [6, 6.07) is 3.23. The van der Waals surface area contributed by atoms with Crippen molar-refractivity contribution in [1.29, 1.82) is 0 Å². The summed E-state index contributed by atoms with van der Waals surface area (Å²) in [6.45, 7) is 1.67. The monoisotopic (exact) mass is 237 g/mol. The van der Waals surface area contributed by atoms with Crippen molar-refractivity contribution in [2.24, 2.45) is 11.5 Å².